The Morgan fingerprint density at radius 2 is 1.65 bits per heavy atom. The van der Waals surface area contributed by atoms with E-state index in [1.54, 1.807) is 48.5 Å². The van der Waals surface area contributed by atoms with E-state index in [1.165, 1.54) is 0 Å². The minimum absolute atomic E-state index is 0.0383. The monoisotopic (exact) mass is 521 g/mol. The van der Waals surface area contributed by atoms with Crippen LogP contribution in [0.2, 0.25) is 5.15 Å². The quantitative estimate of drug-likeness (QED) is 0.220. The maximum absolute atomic E-state index is 13.6. The highest BCUT2D eigenvalue weighted by molar-refractivity contribution is 6.33. The van der Waals surface area contributed by atoms with E-state index in [0.29, 0.717) is 5.52 Å². The van der Waals surface area contributed by atoms with Crippen molar-refractivity contribution >= 4 is 40.3 Å². The third kappa shape index (κ3) is 4.49. The highest BCUT2D eigenvalue weighted by Crippen LogP contribution is 2.43. The minimum atomic E-state index is -2.24. The summed E-state index contributed by atoms with van der Waals surface area (Å²) in [4.78, 5) is 42.0. The van der Waals surface area contributed by atoms with Crippen molar-refractivity contribution in [2.45, 2.75) is 44.2 Å². The molecule has 1 saturated heterocycles. The van der Waals surface area contributed by atoms with E-state index in [9.17, 15) is 19.8 Å². The fourth-order valence-corrected chi connectivity index (χ4v) is 4.70. The molecule has 1 fully saturated rings. The molecule has 4 atom stereocenters. The number of benzene rings is 2. The number of H-pyrrole nitrogens is 1. The lowest BCUT2D eigenvalue weighted by atomic mass is 9.81. The number of rotatable bonds is 6. The first-order chi connectivity index (χ1) is 17.6. The number of carbonyl (C=O) groups is 2. The Morgan fingerprint density at radius 1 is 1.05 bits per heavy atom. The van der Waals surface area contributed by atoms with Crippen molar-refractivity contribution in [2.75, 3.05) is 5.73 Å². The number of aromatic amines is 1. The van der Waals surface area contributed by atoms with Gasteiger partial charge < -0.3 is 25.7 Å². The summed E-state index contributed by atoms with van der Waals surface area (Å²) in [5.41, 5.74) is 6.17. The summed E-state index contributed by atoms with van der Waals surface area (Å²) in [5.74, 6) is -1.27. The number of Topliss-reactive ketones (excluding diaryl/α,β-unsaturated/α-hetero) is 2. The first-order valence-corrected chi connectivity index (χ1v) is 11.9. The van der Waals surface area contributed by atoms with Crippen LogP contribution < -0.4 is 5.73 Å². The largest absolute Gasteiger partial charge is 0.382 e. The number of nitrogens with zero attached hydrogens (tertiary/aromatic N) is 3. The summed E-state index contributed by atoms with van der Waals surface area (Å²) < 4.78 is 6.00. The fraction of sp³-hybridized carbons (Fsp3) is 0.269. The van der Waals surface area contributed by atoms with Gasteiger partial charge in [-0.3, -0.25) is 9.59 Å². The lowest BCUT2D eigenvalue weighted by Crippen LogP contribution is -2.53. The zero-order valence-electron chi connectivity index (χ0n) is 20.0. The number of carbonyl (C=O) groups excluding carboxylic acids is 2. The standard InChI is InChI=1S/C26H24ClN5O5/c1-12-3-7-14(8-4-12)18(33)19(34)21-26(36,20(35)15-9-5-13(2)6-10-15)11-16(37-21)23-29-17-22(27)30-25(28)32-24(17)31-23/h3-10,16,19,21,34,36H,11H2,1-2H3,(H3,28,29,30,31,32)/t16?,19?,21-,26-/m1/s1. The van der Waals surface area contributed by atoms with Gasteiger partial charge in [0.1, 0.15) is 29.7 Å². The van der Waals surface area contributed by atoms with Crippen LogP contribution in [0.1, 0.15) is 50.2 Å². The Balaban J connectivity index is 1.54. The van der Waals surface area contributed by atoms with Gasteiger partial charge in [0.25, 0.3) is 0 Å². The van der Waals surface area contributed by atoms with Crippen LogP contribution in [0, 0.1) is 13.8 Å². The number of nitrogens with two attached hydrogens (primary N) is 1. The van der Waals surface area contributed by atoms with Crippen LogP contribution in [-0.4, -0.2) is 59.5 Å². The van der Waals surface area contributed by atoms with E-state index in [4.69, 9.17) is 22.1 Å². The molecular weight excluding hydrogens is 498 g/mol. The van der Waals surface area contributed by atoms with Crippen molar-refractivity contribution in [3.63, 3.8) is 0 Å². The smallest absolute Gasteiger partial charge is 0.223 e. The van der Waals surface area contributed by atoms with E-state index in [1.807, 2.05) is 13.8 Å². The van der Waals surface area contributed by atoms with Crippen molar-refractivity contribution in [3.05, 3.63) is 81.8 Å². The average molecular weight is 522 g/mol. The third-order valence-electron chi connectivity index (χ3n) is 6.52. The van der Waals surface area contributed by atoms with Crippen molar-refractivity contribution in [3.8, 4) is 0 Å². The summed E-state index contributed by atoms with van der Waals surface area (Å²) in [6.07, 6.45) is -4.71. The molecule has 190 valence electrons. The number of ether oxygens (including phenoxy) is 1. The molecule has 10 nitrogen and oxygen atoms in total. The first-order valence-electron chi connectivity index (χ1n) is 11.5. The molecule has 0 bridgehead atoms. The van der Waals surface area contributed by atoms with E-state index < -0.39 is 35.5 Å². The maximum Gasteiger partial charge on any atom is 0.223 e. The first kappa shape index (κ1) is 25.0. The van der Waals surface area contributed by atoms with E-state index in [2.05, 4.69) is 19.9 Å². The van der Waals surface area contributed by atoms with E-state index in [-0.39, 0.29) is 40.1 Å². The van der Waals surface area contributed by atoms with Crippen molar-refractivity contribution in [2.24, 2.45) is 0 Å². The maximum atomic E-state index is 13.6. The number of hydrogen-bond donors (Lipinski definition) is 4. The Morgan fingerprint density at radius 3 is 2.27 bits per heavy atom. The van der Waals surface area contributed by atoms with Crippen molar-refractivity contribution < 1.29 is 24.5 Å². The van der Waals surface area contributed by atoms with Gasteiger partial charge in [0.15, 0.2) is 28.0 Å². The summed E-state index contributed by atoms with van der Waals surface area (Å²) >= 11 is 6.15. The third-order valence-corrected chi connectivity index (χ3v) is 6.80. The molecule has 11 heteroatoms. The summed E-state index contributed by atoms with van der Waals surface area (Å²) in [5, 5.41) is 22.9. The van der Waals surface area contributed by atoms with Gasteiger partial charge in [-0.25, -0.2) is 4.98 Å². The number of fused-ring (bicyclic) bond motifs is 1. The number of anilines is 1. The number of hydrogen-bond acceptors (Lipinski definition) is 9. The lowest BCUT2D eigenvalue weighted by Gasteiger charge is -2.29. The molecule has 37 heavy (non-hydrogen) atoms. The van der Waals surface area contributed by atoms with Gasteiger partial charge in [-0.05, 0) is 13.8 Å². The van der Waals surface area contributed by atoms with Gasteiger partial charge in [0, 0.05) is 17.5 Å². The highest BCUT2D eigenvalue weighted by atomic mass is 35.5. The van der Waals surface area contributed by atoms with Crippen LogP contribution in [0.3, 0.4) is 0 Å². The second-order valence-electron chi connectivity index (χ2n) is 9.24. The Kier molecular flexibility index (Phi) is 6.28. The molecule has 2 aromatic heterocycles. The van der Waals surface area contributed by atoms with E-state index in [0.717, 1.165) is 11.1 Å². The van der Waals surface area contributed by atoms with Gasteiger partial charge in [-0.15, -0.1) is 0 Å². The molecule has 2 unspecified atom stereocenters. The second kappa shape index (κ2) is 9.31. The molecule has 2 aromatic carbocycles. The van der Waals surface area contributed by atoms with Crippen LogP contribution in [0.4, 0.5) is 5.95 Å². The van der Waals surface area contributed by atoms with Crippen molar-refractivity contribution in [1.82, 2.24) is 19.9 Å². The number of halogens is 1. The number of aryl methyl sites for hydroxylation is 2. The van der Waals surface area contributed by atoms with Gasteiger partial charge in [-0.1, -0.05) is 71.3 Å². The highest BCUT2D eigenvalue weighted by Gasteiger charge is 2.57. The molecular formula is C26H24ClN5O5. The zero-order valence-corrected chi connectivity index (χ0v) is 20.7. The Labute approximate surface area is 216 Å². The predicted octanol–water partition coefficient (Wildman–Crippen LogP) is 2.89. The fourth-order valence-electron chi connectivity index (χ4n) is 4.49. The van der Waals surface area contributed by atoms with E-state index >= 15 is 0 Å². The molecule has 3 heterocycles. The number of aliphatic hydroxyl groups is 2. The molecule has 0 radical (unpaired) electrons. The van der Waals surface area contributed by atoms with Crippen molar-refractivity contribution in [1.29, 1.82) is 0 Å². The molecule has 0 aliphatic carbocycles. The average Bonchev–Trinajstić information content (AvgIpc) is 3.46. The molecule has 1 aliphatic heterocycles. The predicted molar refractivity (Wildman–Crippen MR) is 135 cm³/mol. The van der Waals surface area contributed by atoms with Gasteiger partial charge >= 0.3 is 0 Å². The lowest BCUT2D eigenvalue weighted by molar-refractivity contribution is -0.0810. The van der Waals surface area contributed by atoms with Gasteiger partial charge in [-0.2, -0.15) is 9.97 Å². The number of aliphatic hydroxyl groups excluding tert-OH is 1. The second-order valence-corrected chi connectivity index (χ2v) is 9.60. The number of nitrogen functional groups attached to an aromatic ring is 1. The van der Waals surface area contributed by atoms with Gasteiger partial charge in [0.05, 0.1) is 0 Å². The molecule has 0 amide bonds. The normalized spacial score (nSPS) is 22.3. The number of ketones is 2. The minimum Gasteiger partial charge on any atom is -0.382 e. The zero-order chi connectivity index (χ0) is 26.5. The molecule has 1 aliphatic rings. The molecule has 5 rings (SSSR count). The van der Waals surface area contributed by atoms with Gasteiger partial charge in [0.2, 0.25) is 5.95 Å². The SMILES string of the molecule is Cc1ccc(C(=O)C(O)[C@H]2OC(c3nc4nc(N)nc(Cl)c4[nH]3)C[C@@]2(O)C(=O)c2ccc(C)cc2)cc1. The summed E-state index contributed by atoms with van der Waals surface area (Å²) in [6, 6.07) is 13.2. The molecule has 5 N–H and O–H groups in total. The number of aromatic nitrogens is 4. The van der Waals surface area contributed by atoms with Crippen LogP contribution in [0.25, 0.3) is 11.2 Å². The Bertz CT molecular complexity index is 1500. The van der Waals surface area contributed by atoms with Crippen LogP contribution in [0.5, 0.6) is 0 Å². The number of imidazole rings is 1. The van der Waals surface area contributed by atoms with Crippen LogP contribution >= 0.6 is 11.6 Å². The summed E-state index contributed by atoms with van der Waals surface area (Å²) in [6.45, 7) is 3.73. The van der Waals surface area contributed by atoms with Crippen LogP contribution in [0.15, 0.2) is 48.5 Å². The Hall–Kier alpha value is -3.70. The molecule has 4 aromatic rings. The topological polar surface area (TPSA) is 164 Å². The molecule has 0 saturated carbocycles. The summed E-state index contributed by atoms with van der Waals surface area (Å²) in [7, 11) is 0. The molecule has 0 spiro atoms. The number of nitrogens with one attached hydrogen (secondary N) is 1. The van der Waals surface area contributed by atoms with Crippen LogP contribution in [-0.2, 0) is 4.74 Å².